The standard InChI is InChI=1S/C16H23NO3/c1-11-8-14(18)10-15(9-11)20-12(2)16(19)17-13-6-4-3-5-7-13/h8-10,12-13,18H,3-7H2,1-2H3,(H,17,19). The SMILES string of the molecule is Cc1cc(O)cc(OC(C)C(=O)NC2CCCCC2)c1. The average Bonchev–Trinajstić information content (AvgIpc) is 2.38. The molecule has 4 nitrogen and oxygen atoms in total. The van der Waals surface area contributed by atoms with E-state index >= 15 is 0 Å². The Balaban J connectivity index is 1.89. The third kappa shape index (κ3) is 4.15. The minimum atomic E-state index is -0.557. The highest BCUT2D eigenvalue weighted by atomic mass is 16.5. The number of amides is 1. The monoisotopic (exact) mass is 277 g/mol. The summed E-state index contributed by atoms with van der Waals surface area (Å²) >= 11 is 0. The second kappa shape index (κ2) is 6.64. The molecule has 0 radical (unpaired) electrons. The van der Waals surface area contributed by atoms with E-state index in [0.717, 1.165) is 18.4 Å². The number of hydrogen-bond donors (Lipinski definition) is 2. The zero-order valence-corrected chi connectivity index (χ0v) is 12.2. The Kier molecular flexibility index (Phi) is 4.88. The zero-order chi connectivity index (χ0) is 14.5. The van der Waals surface area contributed by atoms with E-state index in [2.05, 4.69) is 5.32 Å². The number of phenols is 1. The Bertz CT molecular complexity index is 447. The van der Waals surface area contributed by atoms with Crippen molar-refractivity contribution in [3.63, 3.8) is 0 Å². The Morgan fingerprint density at radius 2 is 2.00 bits per heavy atom. The smallest absolute Gasteiger partial charge is 0.260 e. The molecule has 0 aliphatic heterocycles. The highest BCUT2D eigenvalue weighted by Crippen LogP contribution is 2.22. The van der Waals surface area contributed by atoms with Gasteiger partial charge in [0.2, 0.25) is 0 Å². The number of carbonyl (C=O) groups is 1. The number of hydrogen-bond acceptors (Lipinski definition) is 3. The minimum absolute atomic E-state index is 0.0853. The van der Waals surface area contributed by atoms with Gasteiger partial charge in [-0.2, -0.15) is 0 Å². The highest BCUT2D eigenvalue weighted by molar-refractivity contribution is 5.81. The largest absolute Gasteiger partial charge is 0.508 e. The van der Waals surface area contributed by atoms with Crippen LogP contribution in [0.4, 0.5) is 0 Å². The van der Waals surface area contributed by atoms with Gasteiger partial charge in [0, 0.05) is 12.1 Å². The molecule has 1 fully saturated rings. The lowest BCUT2D eigenvalue weighted by Crippen LogP contribution is -2.43. The van der Waals surface area contributed by atoms with Crippen molar-refractivity contribution in [2.75, 3.05) is 0 Å². The Labute approximate surface area is 120 Å². The van der Waals surface area contributed by atoms with Crippen molar-refractivity contribution in [1.29, 1.82) is 0 Å². The maximum absolute atomic E-state index is 12.1. The molecule has 1 unspecified atom stereocenters. The number of ether oxygens (including phenoxy) is 1. The number of aryl methyl sites for hydroxylation is 1. The summed E-state index contributed by atoms with van der Waals surface area (Å²) in [7, 11) is 0. The number of phenolic OH excluding ortho intramolecular Hbond substituents is 1. The number of nitrogens with one attached hydrogen (secondary N) is 1. The first-order chi connectivity index (χ1) is 9.54. The zero-order valence-electron chi connectivity index (χ0n) is 12.2. The summed E-state index contributed by atoms with van der Waals surface area (Å²) in [5.74, 6) is 0.589. The van der Waals surface area contributed by atoms with Gasteiger partial charge in [0.15, 0.2) is 6.10 Å². The summed E-state index contributed by atoms with van der Waals surface area (Å²) < 4.78 is 5.61. The van der Waals surface area contributed by atoms with E-state index in [-0.39, 0.29) is 17.7 Å². The summed E-state index contributed by atoms with van der Waals surface area (Å²) in [6.07, 6.45) is 5.20. The van der Waals surface area contributed by atoms with Crippen LogP contribution in [0.15, 0.2) is 18.2 Å². The van der Waals surface area contributed by atoms with Gasteiger partial charge in [-0.25, -0.2) is 0 Å². The lowest BCUT2D eigenvalue weighted by Gasteiger charge is -2.24. The number of rotatable bonds is 4. The van der Waals surface area contributed by atoms with Crippen molar-refractivity contribution in [3.05, 3.63) is 23.8 Å². The van der Waals surface area contributed by atoms with Gasteiger partial charge < -0.3 is 15.2 Å². The second-order valence-corrected chi connectivity index (χ2v) is 5.61. The van der Waals surface area contributed by atoms with E-state index in [1.165, 1.54) is 25.3 Å². The predicted molar refractivity (Wildman–Crippen MR) is 77.9 cm³/mol. The van der Waals surface area contributed by atoms with Gasteiger partial charge >= 0.3 is 0 Å². The van der Waals surface area contributed by atoms with Gasteiger partial charge in [0.05, 0.1) is 0 Å². The molecule has 0 bridgehead atoms. The second-order valence-electron chi connectivity index (χ2n) is 5.61. The van der Waals surface area contributed by atoms with Crippen LogP contribution in [-0.2, 0) is 4.79 Å². The Morgan fingerprint density at radius 3 is 2.65 bits per heavy atom. The van der Waals surface area contributed by atoms with Crippen LogP contribution in [0.5, 0.6) is 11.5 Å². The third-order valence-corrected chi connectivity index (χ3v) is 3.67. The summed E-state index contributed by atoms with van der Waals surface area (Å²) in [5.41, 5.74) is 0.903. The molecule has 20 heavy (non-hydrogen) atoms. The number of aromatic hydroxyl groups is 1. The van der Waals surface area contributed by atoms with Crippen molar-refractivity contribution in [3.8, 4) is 11.5 Å². The maximum Gasteiger partial charge on any atom is 0.260 e. The van der Waals surface area contributed by atoms with Gasteiger partial charge in [-0.1, -0.05) is 19.3 Å². The summed E-state index contributed by atoms with van der Waals surface area (Å²) in [4.78, 5) is 12.1. The fourth-order valence-electron chi connectivity index (χ4n) is 2.62. The summed E-state index contributed by atoms with van der Waals surface area (Å²) in [6.45, 7) is 3.61. The van der Waals surface area contributed by atoms with E-state index in [9.17, 15) is 9.90 Å². The molecule has 110 valence electrons. The molecule has 1 atom stereocenters. The van der Waals surface area contributed by atoms with Crippen LogP contribution in [0.3, 0.4) is 0 Å². The van der Waals surface area contributed by atoms with E-state index in [0.29, 0.717) is 5.75 Å². The van der Waals surface area contributed by atoms with Crippen LogP contribution in [0.2, 0.25) is 0 Å². The third-order valence-electron chi connectivity index (χ3n) is 3.67. The molecule has 0 heterocycles. The van der Waals surface area contributed by atoms with Crippen molar-refractivity contribution in [2.45, 2.75) is 58.1 Å². The molecule has 0 spiro atoms. The molecular formula is C16H23NO3. The summed E-state index contributed by atoms with van der Waals surface area (Å²) in [5, 5.41) is 12.6. The van der Waals surface area contributed by atoms with Crippen molar-refractivity contribution in [2.24, 2.45) is 0 Å². The molecular weight excluding hydrogens is 254 g/mol. The van der Waals surface area contributed by atoms with Crippen LogP contribution < -0.4 is 10.1 Å². The highest BCUT2D eigenvalue weighted by Gasteiger charge is 2.20. The molecule has 1 aromatic rings. The molecule has 1 aliphatic rings. The Hall–Kier alpha value is -1.71. The number of carbonyl (C=O) groups excluding carboxylic acids is 1. The molecule has 1 aromatic carbocycles. The fraction of sp³-hybridized carbons (Fsp3) is 0.562. The first-order valence-corrected chi connectivity index (χ1v) is 7.32. The maximum atomic E-state index is 12.1. The molecule has 1 amide bonds. The first-order valence-electron chi connectivity index (χ1n) is 7.32. The normalized spacial score (nSPS) is 17.5. The molecule has 0 aromatic heterocycles. The van der Waals surface area contributed by atoms with Crippen molar-refractivity contribution < 1.29 is 14.6 Å². The van der Waals surface area contributed by atoms with Crippen LogP contribution >= 0.6 is 0 Å². The topological polar surface area (TPSA) is 58.6 Å². The molecule has 2 N–H and O–H groups in total. The van der Waals surface area contributed by atoms with Crippen LogP contribution in [0, 0.1) is 6.92 Å². The van der Waals surface area contributed by atoms with Gasteiger partial charge in [-0.3, -0.25) is 4.79 Å². The minimum Gasteiger partial charge on any atom is -0.508 e. The fourth-order valence-corrected chi connectivity index (χ4v) is 2.62. The Morgan fingerprint density at radius 1 is 1.30 bits per heavy atom. The first kappa shape index (κ1) is 14.7. The van der Waals surface area contributed by atoms with Gasteiger partial charge in [0.1, 0.15) is 11.5 Å². The van der Waals surface area contributed by atoms with Crippen molar-refractivity contribution >= 4 is 5.91 Å². The molecule has 1 saturated carbocycles. The lowest BCUT2D eigenvalue weighted by molar-refractivity contribution is -0.128. The summed E-state index contributed by atoms with van der Waals surface area (Å²) in [6, 6.07) is 5.27. The van der Waals surface area contributed by atoms with Crippen molar-refractivity contribution in [1.82, 2.24) is 5.32 Å². The molecule has 0 saturated heterocycles. The van der Waals surface area contributed by atoms with E-state index in [1.807, 2.05) is 13.0 Å². The van der Waals surface area contributed by atoms with Gasteiger partial charge in [0.25, 0.3) is 5.91 Å². The quantitative estimate of drug-likeness (QED) is 0.889. The van der Waals surface area contributed by atoms with Crippen LogP contribution in [0.25, 0.3) is 0 Å². The molecule has 2 rings (SSSR count). The van der Waals surface area contributed by atoms with Gasteiger partial charge in [-0.05, 0) is 44.4 Å². The van der Waals surface area contributed by atoms with Crippen LogP contribution in [0.1, 0.15) is 44.6 Å². The van der Waals surface area contributed by atoms with E-state index in [4.69, 9.17) is 4.74 Å². The van der Waals surface area contributed by atoms with Gasteiger partial charge in [-0.15, -0.1) is 0 Å². The van der Waals surface area contributed by atoms with E-state index < -0.39 is 6.10 Å². The predicted octanol–water partition coefficient (Wildman–Crippen LogP) is 2.92. The molecule has 4 heteroatoms. The number of benzene rings is 1. The van der Waals surface area contributed by atoms with E-state index in [1.54, 1.807) is 13.0 Å². The lowest BCUT2D eigenvalue weighted by atomic mass is 9.95. The average molecular weight is 277 g/mol. The molecule has 1 aliphatic carbocycles. The van der Waals surface area contributed by atoms with Crippen LogP contribution in [-0.4, -0.2) is 23.2 Å².